The van der Waals surface area contributed by atoms with Gasteiger partial charge < -0.3 is 29.3 Å². The molecular formula is C28H28BN2O6S-. The molecule has 10 heteroatoms. The van der Waals surface area contributed by atoms with Crippen LogP contribution in [0, 0.1) is 0 Å². The molecule has 1 saturated heterocycles. The van der Waals surface area contributed by atoms with Crippen LogP contribution in [-0.4, -0.2) is 48.5 Å². The van der Waals surface area contributed by atoms with Gasteiger partial charge in [0, 0.05) is 17.8 Å². The lowest BCUT2D eigenvalue weighted by Gasteiger charge is -2.32. The molecule has 1 aromatic heterocycles. The van der Waals surface area contributed by atoms with Crippen LogP contribution >= 0.6 is 11.3 Å². The van der Waals surface area contributed by atoms with Crippen molar-refractivity contribution >= 4 is 36.6 Å². The van der Waals surface area contributed by atoms with Crippen molar-refractivity contribution in [2.75, 3.05) is 13.2 Å². The van der Waals surface area contributed by atoms with Crippen molar-refractivity contribution < 1.29 is 28.7 Å². The fraction of sp³-hybridized carbons (Fsp3) is 0.321. The fourth-order valence-electron chi connectivity index (χ4n) is 4.66. The Labute approximate surface area is 225 Å². The SMILES string of the molecule is CC1(C)OB(C(=Cc2csc(C(=O)[O-])n2)CNC(=O)OCC2c3ccccc3-c3ccccc32)OC1(C)C. The van der Waals surface area contributed by atoms with E-state index in [9.17, 15) is 14.7 Å². The van der Waals surface area contributed by atoms with Crippen LogP contribution in [0.15, 0.2) is 59.4 Å². The number of carboxylic acids is 1. The molecule has 1 aliphatic carbocycles. The van der Waals surface area contributed by atoms with Crippen molar-refractivity contribution in [3.63, 3.8) is 0 Å². The minimum atomic E-state index is -1.34. The van der Waals surface area contributed by atoms with Crippen LogP contribution < -0.4 is 10.4 Å². The zero-order valence-corrected chi connectivity index (χ0v) is 22.5. The van der Waals surface area contributed by atoms with Crippen molar-refractivity contribution in [2.45, 2.75) is 44.8 Å². The Morgan fingerprint density at radius 2 is 1.63 bits per heavy atom. The van der Waals surface area contributed by atoms with Gasteiger partial charge in [-0.3, -0.25) is 0 Å². The molecule has 0 atom stereocenters. The summed E-state index contributed by atoms with van der Waals surface area (Å²) in [5.74, 6) is -1.40. The van der Waals surface area contributed by atoms with Gasteiger partial charge >= 0.3 is 13.2 Å². The lowest BCUT2D eigenvalue weighted by Crippen LogP contribution is -2.41. The first kappa shape index (κ1) is 26.2. The van der Waals surface area contributed by atoms with E-state index in [1.807, 2.05) is 52.0 Å². The lowest BCUT2D eigenvalue weighted by molar-refractivity contribution is -0.255. The summed E-state index contributed by atoms with van der Waals surface area (Å²) in [5.41, 5.74) is 4.36. The summed E-state index contributed by atoms with van der Waals surface area (Å²) in [4.78, 5) is 28.0. The number of carbonyl (C=O) groups is 2. The van der Waals surface area contributed by atoms with Crippen molar-refractivity contribution in [1.82, 2.24) is 10.3 Å². The molecule has 3 aromatic rings. The van der Waals surface area contributed by atoms with E-state index in [1.165, 1.54) is 0 Å². The Morgan fingerprint density at radius 3 is 2.18 bits per heavy atom. The number of carbonyl (C=O) groups excluding carboxylic acids is 2. The van der Waals surface area contributed by atoms with E-state index in [0.29, 0.717) is 11.2 Å². The number of fused-ring (bicyclic) bond motifs is 3. The largest absolute Gasteiger partial charge is 0.542 e. The van der Waals surface area contributed by atoms with Crippen molar-refractivity contribution in [3.8, 4) is 11.1 Å². The highest BCUT2D eigenvalue weighted by molar-refractivity contribution is 7.11. The van der Waals surface area contributed by atoms with Crippen molar-refractivity contribution in [2.24, 2.45) is 0 Å². The monoisotopic (exact) mass is 531 g/mol. The smallest absolute Gasteiger partial charge is 0.492 e. The molecule has 38 heavy (non-hydrogen) atoms. The Kier molecular flexibility index (Phi) is 6.89. The number of rotatable bonds is 7. The Hall–Kier alpha value is -3.47. The predicted octanol–water partition coefficient (Wildman–Crippen LogP) is 4.06. The van der Waals surface area contributed by atoms with Gasteiger partial charge in [0.15, 0.2) is 0 Å². The number of hydrogen-bond donors (Lipinski definition) is 1. The summed E-state index contributed by atoms with van der Waals surface area (Å²) in [5, 5.41) is 15.4. The molecule has 2 heterocycles. The van der Waals surface area contributed by atoms with Crippen molar-refractivity contribution in [3.05, 3.63) is 81.2 Å². The van der Waals surface area contributed by atoms with E-state index in [4.69, 9.17) is 14.0 Å². The Bertz CT molecular complexity index is 1350. The van der Waals surface area contributed by atoms with Crippen LogP contribution in [0.2, 0.25) is 0 Å². The highest BCUT2D eigenvalue weighted by Gasteiger charge is 2.52. The number of aromatic carboxylic acids is 1. The predicted molar refractivity (Wildman–Crippen MR) is 144 cm³/mol. The molecular weight excluding hydrogens is 503 g/mol. The molecule has 1 aliphatic heterocycles. The molecule has 0 unspecified atom stereocenters. The molecule has 2 aliphatic rings. The van der Waals surface area contributed by atoms with Crippen LogP contribution in [0.25, 0.3) is 17.2 Å². The van der Waals surface area contributed by atoms with Gasteiger partial charge in [-0.05, 0) is 61.5 Å². The molecule has 196 valence electrons. The minimum absolute atomic E-state index is 0.0516. The molecule has 1 fully saturated rings. The van der Waals surface area contributed by atoms with Gasteiger partial charge in [0.25, 0.3) is 0 Å². The number of nitrogens with one attached hydrogen (secondary N) is 1. The number of carboxylic acid groups (broad SMARTS) is 1. The maximum absolute atomic E-state index is 12.8. The zero-order valence-electron chi connectivity index (χ0n) is 21.6. The molecule has 0 spiro atoms. The van der Waals surface area contributed by atoms with Gasteiger partial charge in [0.05, 0.1) is 16.9 Å². The van der Waals surface area contributed by atoms with Crippen LogP contribution in [0.4, 0.5) is 4.79 Å². The average molecular weight is 531 g/mol. The van der Waals surface area contributed by atoms with E-state index >= 15 is 0 Å². The summed E-state index contributed by atoms with van der Waals surface area (Å²) in [6.07, 6.45) is 1.08. The summed E-state index contributed by atoms with van der Waals surface area (Å²) >= 11 is 0.966. The fourth-order valence-corrected chi connectivity index (χ4v) is 5.26. The Morgan fingerprint density at radius 1 is 1.05 bits per heavy atom. The van der Waals surface area contributed by atoms with Gasteiger partial charge in [-0.1, -0.05) is 48.5 Å². The molecule has 0 bridgehead atoms. The first-order chi connectivity index (χ1) is 18.1. The number of alkyl carbamates (subject to hydrolysis) is 1. The number of amides is 1. The third kappa shape index (κ3) is 4.99. The molecule has 1 N–H and O–H groups in total. The lowest BCUT2D eigenvalue weighted by atomic mass is 9.77. The number of aromatic nitrogens is 1. The van der Waals surface area contributed by atoms with Gasteiger partial charge in [-0.2, -0.15) is 0 Å². The summed E-state index contributed by atoms with van der Waals surface area (Å²) < 4.78 is 18.0. The summed E-state index contributed by atoms with van der Waals surface area (Å²) in [7, 11) is -0.762. The second-order valence-electron chi connectivity index (χ2n) is 10.4. The number of thiazole rings is 1. The van der Waals surface area contributed by atoms with Gasteiger partial charge in [0.1, 0.15) is 17.6 Å². The van der Waals surface area contributed by atoms with E-state index in [-0.39, 0.29) is 24.1 Å². The van der Waals surface area contributed by atoms with Crippen LogP contribution in [0.1, 0.15) is 60.2 Å². The highest BCUT2D eigenvalue weighted by atomic mass is 32.1. The first-order valence-corrected chi connectivity index (χ1v) is 13.3. The normalized spacial score (nSPS) is 17.7. The number of nitrogens with zero attached hydrogens (tertiary/aromatic N) is 1. The van der Waals surface area contributed by atoms with Gasteiger partial charge in [-0.25, -0.2) is 9.78 Å². The van der Waals surface area contributed by atoms with E-state index in [2.05, 4.69) is 34.6 Å². The summed E-state index contributed by atoms with van der Waals surface area (Å²) in [6, 6.07) is 16.3. The minimum Gasteiger partial charge on any atom is -0.542 e. The number of ether oxygens (including phenoxy) is 1. The van der Waals surface area contributed by atoms with E-state index < -0.39 is 30.4 Å². The second kappa shape index (κ2) is 10.0. The second-order valence-corrected chi connectivity index (χ2v) is 11.2. The zero-order chi connectivity index (χ0) is 27.1. The van der Waals surface area contributed by atoms with Gasteiger partial charge in [0.2, 0.25) is 0 Å². The average Bonchev–Trinajstić information content (AvgIpc) is 3.53. The van der Waals surface area contributed by atoms with Gasteiger partial charge in [-0.15, -0.1) is 11.3 Å². The van der Waals surface area contributed by atoms with Crippen LogP contribution in [-0.2, 0) is 14.0 Å². The molecule has 8 nitrogen and oxygen atoms in total. The maximum Gasteiger partial charge on any atom is 0.492 e. The third-order valence-corrected chi connectivity index (χ3v) is 8.21. The number of hydrogen-bond acceptors (Lipinski definition) is 8. The molecule has 0 saturated carbocycles. The standard InChI is InChI=1S/C28H29BN2O6S/c1-27(2)28(3,4)37-29(36-27)17(13-18-16-38-24(31-18)25(32)33)14-30-26(34)35-15-23-21-11-7-5-9-19(21)20-10-6-8-12-22(20)23/h5-13,16,23H,14-15H2,1-4H3,(H,30,34)(H,32,33)/p-1. The highest BCUT2D eigenvalue weighted by Crippen LogP contribution is 2.44. The Balaban J connectivity index is 1.29. The van der Waals surface area contributed by atoms with E-state index in [0.717, 1.165) is 33.6 Å². The summed E-state index contributed by atoms with van der Waals surface area (Å²) in [6.45, 7) is 7.98. The van der Waals surface area contributed by atoms with E-state index in [1.54, 1.807) is 11.5 Å². The topological polar surface area (TPSA) is 110 Å². The molecule has 1 amide bonds. The molecule has 0 radical (unpaired) electrons. The number of benzene rings is 2. The van der Waals surface area contributed by atoms with Crippen molar-refractivity contribution in [1.29, 1.82) is 0 Å². The quantitative estimate of drug-likeness (QED) is 0.458. The molecule has 2 aromatic carbocycles. The third-order valence-electron chi connectivity index (χ3n) is 7.37. The van der Waals surface area contributed by atoms with Crippen LogP contribution in [0.3, 0.4) is 0 Å². The molecule has 5 rings (SSSR count). The maximum atomic E-state index is 12.8. The van der Waals surface area contributed by atoms with Crippen LogP contribution in [0.5, 0.6) is 0 Å². The first-order valence-electron chi connectivity index (χ1n) is 12.4.